The van der Waals surface area contributed by atoms with Gasteiger partial charge in [-0.1, -0.05) is 0 Å². The molecule has 7 heteroatoms. The van der Waals surface area contributed by atoms with E-state index in [1.165, 1.54) is 12.1 Å². The van der Waals surface area contributed by atoms with Gasteiger partial charge >= 0.3 is 6.18 Å². The first kappa shape index (κ1) is 14.8. The Kier molecular flexibility index (Phi) is 4.27. The van der Waals surface area contributed by atoms with Crippen LogP contribution in [-0.2, 0) is 0 Å². The minimum atomic E-state index is -4.26. The normalized spacial score (nSPS) is 23.4. The quantitative estimate of drug-likeness (QED) is 0.820. The molecule has 3 nitrogen and oxygen atoms in total. The number of halogens is 4. The lowest BCUT2D eigenvalue weighted by atomic mass is 10.00. The van der Waals surface area contributed by atoms with Gasteiger partial charge in [-0.15, -0.1) is 0 Å². The summed E-state index contributed by atoms with van der Waals surface area (Å²) in [5, 5.41) is 5.01. The summed E-state index contributed by atoms with van der Waals surface area (Å²) in [4.78, 5) is 11.8. The van der Waals surface area contributed by atoms with E-state index in [1.54, 1.807) is 0 Å². The average molecular weight is 290 g/mol. The number of carbonyl (C=O) groups is 1. The van der Waals surface area contributed by atoms with Gasteiger partial charge in [0.1, 0.15) is 11.9 Å². The topological polar surface area (TPSA) is 41.1 Å². The smallest absolute Gasteiger partial charge is 0.348 e. The van der Waals surface area contributed by atoms with Crippen molar-refractivity contribution in [2.24, 2.45) is 0 Å². The fraction of sp³-hybridized carbons (Fsp3) is 0.462. The van der Waals surface area contributed by atoms with Crippen LogP contribution in [0.1, 0.15) is 23.2 Å². The Balaban J connectivity index is 1.86. The molecule has 2 unspecified atom stereocenters. The van der Waals surface area contributed by atoms with Crippen molar-refractivity contribution in [3.63, 3.8) is 0 Å². The lowest BCUT2D eigenvalue weighted by Crippen LogP contribution is -2.54. The predicted molar refractivity (Wildman–Crippen MR) is 64.7 cm³/mol. The van der Waals surface area contributed by atoms with Gasteiger partial charge in [-0.2, -0.15) is 13.2 Å². The first-order valence-electron chi connectivity index (χ1n) is 6.23. The molecule has 0 aromatic heterocycles. The molecule has 2 rings (SSSR count). The highest BCUT2D eigenvalue weighted by Gasteiger charge is 2.41. The van der Waals surface area contributed by atoms with Gasteiger partial charge in [0.2, 0.25) is 0 Å². The first-order valence-corrected chi connectivity index (χ1v) is 6.23. The summed E-state index contributed by atoms with van der Waals surface area (Å²) in [6, 6.07) is 3.12. The molecule has 0 spiro atoms. The maximum Gasteiger partial charge on any atom is 0.403 e. The highest BCUT2D eigenvalue weighted by atomic mass is 19.4. The number of rotatable bonds is 2. The van der Waals surface area contributed by atoms with Gasteiger partial charge in [0, 0.05) is 18.2 Å². The van der Waals surface area contributed by atoms with Gasteiger partial charge in [-0.25, -0.2) is 4.39 Å². The third-order valence-electron chi connectivity index (χ3n) is 3.25. The van der Waals surface area contributed by atoms with Crippen molar-refractivity contribution in [3.05, 3.63) is 35.6 Å². The standard InChI is InChI=1S/C13H14F4N2O/c14-9-3-1-8(2-4-9)12(20)19-10-5-6-11(18-7-10)13(15,16)17/h1-4,10-11,18H,5-7H2,(H,19,20). The first-order chi connectivity index (χ1) is 9.36. The van der Waals surface area contributed by atoms with Crippen molar-refractivity contribution < 1.29 is 22.4 Å². The van der Waals surface area contributed by atoms with Crippen LogP contribution in [0.4, 0.5) is 17.6 Å². The van der Waals surface area contributed by atoms with Crippen molar-refractivity contribution in [2.45, 2.75) is 31.1 Å². The minimum Gasteiger partial charge on any atom is -0.348 e. The SMILES string of the molecule is O=C(NC1CCC(C(F)(F)F)NC1)c1ccc(F)cc1. The third kappa shape index (κ3) is 3.69. The zero-order valence-electron chi connectivity index (χ0n) is 10.5. The summed E-state index contributed by atoms with van der Waals surface area (Å²) in [5.74, 6) is -0.865. The number of hydrogen-bond acceptors (Lipinski definition) is 2. The molecule has 0 bridgehead atoms. The molecule has 0 radical (unpaired) electrons. The van der Waals surface area contributed by atoms with E-state index in [2.05, 4.69) is 10.6 Å². The molecular weight excluding hydrogens is 276 g/mol. The molecular formula is C13H14F4N2O. The second kappa shape index (κ2) is 5.78. The molecule has 1 amide bonds. The number of carbonyl (C=O) groups excluding carboxylic acids is 1. The molecule has 1 saturated heterocycles. The Morgan fingerprint density at radius 2 is 1.85 bits per heavy atom. The van der Waals surface area contributed by atoms with Crippen LogP contribution in [0.15, 0.2) is 24.3 Å². The highest BCUT2D eigenvalue weighted by molar-refractivity contribution is 5.94. The van der Waals surface area contributed by atoms with Gasteiger partial charge in [0.15, 0.2) is 0 Å². The largest absolute Gasteiger partial charge is 0.403 e. The van der Waals surface area contributed by atoms with Gasteiger partial charge in [-0.3, -0.25) is 4.79 Å². The lowest BCUT2D eigenvalue weighted by Gasteiger charge is -2.31. The Morgan fingerprint density at radius 1 is 1.20 bits per heavy atom. The molecule has 1 heterocycles. The van der Waals surface area contributed by atoms with E-state index in [0.29, 0.717) is 0 Å². The number of amides is 1. The minimum absolute atomic E-state index is 0.0666. The number of piperidine rings is 1. The van der Waals surface area contributed by atoms with Crippen LogP contribution in [0, 0.1) is 5.82 Å². The Morgan fingerprint density at radius 3 is 2.35 bits per heavy atom. The molecule has 0 saturated carbocycles. The maximum absolute atomic E-state index is 12.7. The molecule has 1 fully saturated rings. The summed E-state index contributed by atoms with van der Waals surface area (Å²) >= 11 is 0. The summed E-state index contributed by atoms with van der Waals surface area (Å²) in [6.45, 7) is 0.0666. The van der Waals surface area contributed by atoms with E-state index in [4.69, 9.17) is 0 Å². The third-order valence-corrected chi connectivity index (χ3v) is 3.25. The molecule has 1 aromatic carbocycles. The molecule has 1 aromatic rings. The molecule has 0 aliphatic carbocycles. The zero-order chi connectivity index (χ0) is 14.8. The van der Waals surface area contributed by atoms with Crippen LogP contribution in [-0.4, -0.2) is 30.7 Å². The molecule has 2 atom stereocenters. The van der Waals surface area contributed by atoms with Crippen molar-refractivity contribution in [1.82, 2.24) is 10.6 Å². The van der Waals surface area contributed by atoms with E-state index >= 15 is 0 Å². The molecule has 2 N–H and O–H groups in total. The monoisotopic (exact) mass is 290 g/mol. The van der Waals surface area contributed by atoms with E-state index in [9.17, 15) is 22.4 Å². The molecule has 110 valence electrons. The van der Waals surface area contributed by atoms with E-state index < -0.39 is 23.9 Å². The number of benzene rings is 1. The summed E-state index contributed by atoms with van der Waals surface area (Å²) in [5.41, 5.74) is 0.282. The van der Waals surface area contributed by atoms with E-state index in [-0.39, 0.29) is 31.0 Å². The van der Waals surface area contributed by atoms with Crippen LogP contribution >= 0.6 is 0 Å². The number of hydrogen-bond donors (Lipinski definition) is 2. The highest BCUT2D eigenvalue weighted by Crippen LogP contribution is 2.26. The van der Waals surface area contributed by atoms with Crippen molar-refractivity contribution in [1.29, 1.82) is 0 Å². The Bertz CT molecular complexity index is 464. The van der Waals surface area contributed by atoms with Crippen LogP contribution < -0.4 is 10.6 Å². The second-order valence-electron chi connectivity index (χ2n) is 4.76. The second-order valence-corrected chi connectivity index (χ2v) is 4.76. The van der Waals surface area contributed by atoms with Crippen molar-refractivity contribution in [2.75, 3.05) is 6.54 Å². The fourth-order valence-electron chi connectivity index (χ4n) is 2.13. The van der Waals surface area contributed by atoms with Gasteiger partial charge in [0.25, 0.3) is 5.91 Å². The van der Waals surface area contributed by atoms with Crippen LogP contribution in [0.2, 0.25) is 0 Å². The Hall–Kier alpha value is -1.63. The number of alkyl halides is 3. The fourth-order valence-corrected chi connectivity index (χ4v) is 2.13. The van der Waals surface area contributed by atoms with E-state index in [1.807, 2.05) is 0 Å². The van der Waals surface area contributed by atoms with E-state index in [0.717, 1.165) is 12.1 Å². The zero-order valence-corrected chi connectivity index (χ0v) is 10.5. The molecule has 20 heavy (non-hydrogen) atoms. The van der Waals surface area contributed by atoms with Crippen molar-refractivity contribution >= 4 is 5.91 Å². The molecule has 1 aliphatic heterocycles. The maximum atomic E-state index is 12.7. The molecule has 1 aliphatic rings. The summed E-state index contributed by atoms with van der Waals surface area (Å²) in [6.07, 6.45) is -4.08. The van der Waals surface area contributed by atoms with Gasteiger partial charge in [-0.05, 0) is 37.1 Å². The summed E-state index contributed by atoms with van der Waals surface area (Å²) < 4.78 is 50.1. The van der Waals surface area contributed by atoms with Crippen LogP contribution in [0.25, 0.3) is 0 Å². The number of nitrogens with one attached hydrogen (secondary N) is 2. The lowest BCUT2D eigenvalue weighted by molar-refractivity contribution is -0.160. The van der Waals surface area contributed by atoms with Crippen LogP contribution in [0.5, 0.6) is 0 Å². The van der Waals surface area contributed by atoms with Crippen molar-refractivity contribution in [3.8, 4) is 0 Å². The summed E-state index contributed by atoms with van der Waals surface area (Å²) in [7, 11) is 0. The predicted octanol–water partition coefficient (Wildman–Crippen LogP) is 2.24. The van der Waals surface area contributed by atoms with Crippen LogP contribution in [0.3, 0.4) is 0 Å². The van der Waals surface area contributed by atoms with Gasteiger partial charge in [0.05, 0.1) is 0 Å². The van der Waals surface area contributed by atoms with Gasteiger partial charge < -0.3 is 10.6 Å². The average Bonchev–Trinajstić information content (AvgIpc) is 2.39. The Labute approximate surface area is 113 Å².